The van der Waals surface area contributed by atoms with E-state index in [2.05, 4.69) is 18.0 Å². The van der Waals surface area contributed by atoms with Crippen LogP contribution in [0.25, 0.3) is 5.69 Å². The number of aromatic nitrogens is 2. The molecule has 5 rings (SSSR count). The van der Waals surface area contributed by atoms with Gasteiger partial charge in [0.2, 0.25) is 5.91 Å². The molecule has 1 saturated carbocycles. The maximum Gasteiger partial charge on any atom is 0.308 e. The predicted octanol–water partition coefficient (Wildman–Crippen LogP) is 2.43. The van der Waals surface area contributed by atoms with Crippen molar-refractivity contribution in [1.82, 2.24) is 20.0 Å². The third kappa shape index (κ3) is 3.33. The number of carbonyl (C=O) groups excluding carboxylic acids is 2. The van der Waals surface area contributed by atoms with Crippen LogP contribution in [0, 0.1) is 0 Å². The van der Waals surface area contributed by atoms with Gasteiger partial charge in [-0.05, 0) is 42.5 Å². The van der Waals surface area contributed by atoms with Gasteiger partial charge in [-0.2, -0.15) is 5.10 Å². The van der Waals surface area contributed by atoms with Gasteiger partial charge < -0.3 is 15.0 Å². The maximum atomic E-state index is 12.2. The summed E-state index contributed by atoms with van der Waals surface area (Å²) in [4.78, 5) is 25.8. The first-order chi connectivity index (χ1) is 14.5. The number of amides is 1. The summed E-state index contributed by atoms with van der Waals surface area (Å²) in [6.45, 7) is 7.08. The fraction of sp³-hybridized carbons (Fsp3) is 0.435. The zero-order valence-electron chi connectivity index (χ0n) is 17.2. The first-order valence-electron chi connectivity index (χ1n) is 10.6. The van der Waals surface area contributed by atoms with Crippen LogP contribution in [0.1, 0.15) is 54.2 Å². The number of hydrogen-bond acceptors (Lipinski definition) is 5. The largest absolute Gasteiger partial charge is 0.424 e. The molecule has 1 N–H and O–H groups in total. The van der Waals surface area contributed by atoms with E-state index in [9.17, 15) is 9.59 Å². The summed E-state index contributed by atoms with van der Waals surface area (Å²) < 4.78 is 7.56. The van der Waals surface area contributed by atoms with Crippen molar-refractivity contribution in [3.63, 3.8) is 0 Å². The van der Waals surface area contributed by atoms with E-state index in [4.69, 9.17) is 9.84 Å². The second-order valence-corrected chi connectivity index (χ2v) is 8.31. The minimum Gasteiger partial charge on any atom is -0.424 e. The van der Waals surface area contributed by atoms with Crippen molar-refractivity contribution in [3.05, 3.63) is 53.4 Å². The number of rotatable bonds is 4. The number of ether oxygens (including phenoxy) is 1. The molecule has 156 valence electrons. The highest BCUT2D eigenvalue weighted by molar-refractivity contribution is 5.87. The number of nitrogens with zero attached hydrogens (tertiary/aromatic N) is 3. The highest BCUT2D eigenvalue weighted by atomic mass is 16.5. The number of carbonyl (C=O) groups is 2. The van der Waals surface area contributed by atoms with Crippen molar-refractivity contribution < 1.29 is 14.3 Å². The van der Waals surface area contributed by atoms with Crippen LogP contribution in [0.2, 0.25) is 0 Å². The molecule has 7 nitrogen and oxygen atoms in total. The Balaban J connectivity index is 1.57. The third-order valence-corrected chi connectivity index (χ3v) is 6.22. The molecule has 1 fully saturated rings. The van der Waals surface area contributed by atoms with E-state index >= 15 is 0 Å². The van der Waals surface area contributed by atoms with Gasteiger partial charge in [-0.3, -0.25) is 9.59 Å². The summed E-state index contributed by atoms with van der Waals surface area (Å²) in [5.41, 5.74) is 5.34. The van der Waals surface area contributed by atoms with Crippen LogP contribution in [0.15, 0.2) is 30.9 Å². The molecule has 7 heteroatoms. The van der Waals surface area contributed by atoms with E-state index in [-0.39, 0.29) is 17.9 Å². The Kier molecular flexibility index (Phi) is 4.70. The molecule has 0 radical (unpaired) electrons. The zero-order chi connectivity index (χ0) is 20.8. The van der Waals surface area contributed by atoms with Gasteiger partial charge in [0.25, 0.3) is 0 Å². The summed E-state index contributed by atoms with van der Waals surface area (Å²) in [6, 6.07) is 6.20. The standard InChI is InChI=1S/C23H26N4O3/c1-3-22(29)26-11-9-17-23-18(13-26)24-10-8-20(23)27(25-17)19-7-6-16(15-4-5-15)12-21(19)30-14(2)28/h3,6-7,12,15,18,24H,1,4-5,8-11,13H2,2H3/t18-/m0/s1. The van der Waals surface area contributed by atoms with E-state index in [0.717, 1.165) is 30.0 Å². The summed E-state index contributed by atoms with van der Waals surface area (Å²) in [6.07, 6.45) is 5.27. The normalized spacial score (nSPS) is 20.3. The number of esters is 1. The quantitative estimate of drug-likeness (QED) is 0.479. The topological polar surface area (TPSA) is 76.5 Å². The Morgan fingerprint density at radius 1 is 1.30 bits per heavy atom. The van der Waals surface area contributed by atoms with Gasteiger partial charge in [0.05, 0.1) is 17.4 Å². The Morgan fingerprint density at radius 2 is 2.13 bits per heavy atom. The molecule has 3 aliphatic rings. The van der Waals surface area contributed by atoms with Crippen LogP contribution < -0.4 is 10.1 Å². The van der Waals surface area contributed by atoms with E-state index in [0.29, 0.717) is 31.2 Å². The lowest BCUT2D eigenvalue weighted by Crippen LogP contribution is -2.40. The first kappa shape index (κ1) is 19.1. The van der Waals surface area contributed by atoms with Crippen molar-refractivity contribution in [2.24, 2.45) is 0 Å². The molecule has 2 aliphatic heterocycles. The molecule has 1 amide bonds. The van der Waals surface area contributed by atoms with Crippen LogP contribution in [-0.2, 0) is 22.4 Å². The average molecular weight is 406 g/mol. The lowest BCUT2D eigenvalue weighted by Gasteiger charge is -2.28. The maximum absolute atomic E-state index is 12.2. The third-order valence-electron chi connectivity index (χ3n) is 6.22. The Labute approximate surface area is 175 Å². The molecule has 1 atom stereocenters. The van der Waals surface area contributed by atoms with Crippen molar-refractivity contribution >= 4 is 11.9 Å². The van der Waals surface area contributed by atoms with Crippen molar-refractivity contribution in [2.75, 3.05) is 19.6 Å². The molecular formula is C23H26N4O3. The Bertz CT molecular complexity index is 1040. The monoisotopic (exact) mass is 406 g/mol. The molecule has 1 aliphatic carbocycles. The molecular weight excluding hydrogens is 380 g/mol. The highest BCUT2D eigenvalue weighted by Crippen LogP contribution is 2.43. The summed E-state index contributed by atoms with van der Waals surface area (Å²) in [7, 11) is 0. The molecule has 1 aromatic heterocycles. The van der Waals surface area contributed by atoms with Crippen LogP contribution >= 0.6 is 0 Å². The molecule has 3 heterocycles. The zero-order valence-corrected chi connectivity index (χ0v) is 17.2. The van der Waals surface area contributed by atoms with Gasteiger partial charge in [-0.1, -0.05) is 12.6 Å². The Morgan fingerprint density at radius 3 is 2.87 bits per heavy atom. The molecule has 0 unspecified atom stereocenters. The molecule has 0 saturated heterocycles. The summed E-state index contributed by atoms with van der Waals surface area (Å²) in [5, 5.41) is 8.48. The van der Waals surface area contributed by atoms with Gasteiger partial charge in [-0.25, -0.2) is 4.68 Å². The minimum atomic E-state index is -0.329. The van der Waals surface area contributed by atoms with Gasteiger partial charge in [0.1, 0.15) is 5.69 Å². The molecule has 2 aromatic rings. The van der Waals surface area contributed by atoms with Crippen molar-refractivity contribution in [2.45, 2.75) is 44.6 Å². The van der Waals surface area contributed by atoms with E-state index in [1.165, 1.54) is 37.0 Å². The minimum absolute atomic E-state index is 0.0465. The van der Waals surface area contributed by atoms with Crippen LogP contribution in [-0.4, -0.2) is 46.2 Å². The van der Waals surface area contributed by atoms with Gasteiger partial charge >= 0.3 is 5.97 Å². The van der Waals surface area contributed by atoms with Crippen molar-refractivity contribution in [3.8, 4) is 11.4 Å². The van der Waals surface area contributed by atoms with Gasteiger partial charge in [-0.15, -0.1) is 0 Å². The smallest absolute Gasteiger partial charge is 0.308 e. The van der Waals surface area contributed by atoms with Crippen molar-refractivity contribution in [1.29, 1.82) is 0 Å². The summed E-state index contributed by atoms with van der Waals surface area (Å²) in [5.74, 6) is 0.766. The van der Waals surface area contributed by atoms with Crippen LogP contribution in [0.4, 0.5) is 0 Å². The fourth-order valence-electron chi connectivity index (χ4n) is 4.66. The van der Waals surface area contributed by atoms with Gasteiger partial charge in [0, 0.05) is 45.0 Å². The van der Waals surface area contributed by atoms with Gasteiger partial charge in [0.15, 0.2) is 5.75 Å². The van der Waals surface area contributed by atoms with Crippen LogP contribution in [0.3, 0.4) is 0 Å². The lowest BCUT2D eigenvalue weighted by atomic mass is 9.98. The molecule has 30 heavy (non-hydrogen) atoms. The summed E-state index contributed by atoms with van der Waals surface area (Å²) >= 11 is 0. The Hall–Kier alpha value is -2.93. The lowest BCUT2D eigenvalue weighted by molar-refractivity contribution is -0.132. The average Bonchev–Trinajstić information content (AvgIpc) is 3.54. The number of hydrogen-bond donors (Lipinski definition) is 1. The SMILES string of the molecule is C=CC(=O)N1CCc2nn(-c3ccc(C4CC4)cc3OC(C)=O)c3c2[C@H](C1)NCC3. The van der Waals surface area contributed by atoms with E-state index in [1.807, 2.05) is 21.7 Å². The fourth-order valence-corrected chi connectivity index (χ4v) is 4.66. The second-order valence-electron chi connectivity index (χ2n) is 8.31. The first-order valence-corrected chi connectivity index (χ1v) is 10.6. The predicted molar refractivity (Wildman–Crippen MR) is 112 cm³/mol. The van der Waals surface area contributed by atoms with E-state index < -0.39 is 0 Å². The second kappa shape index (κ2) is 7.40. The van der Waals surface area contributed by atoms with Crippen LogP contribution in [0.5, 0.6) is 5.75 Å². The molecule has 0 bridgehead atoms. The highest BCUT2D eigenvalue weighted by Gasteiger charge is 2.34. The number of nitrogens with one attached hydrogen (secondary N) is 1. The molecule has 1 aromatic carbocycles. The number of benzene rings is 1. The van der Waals surface area contributed by atoms with E-state index in [1.54, 1.807) is 0 Å². The molecule has 0 spiro atoms.